The summed E-state index contributed by atoms with van der Waals surface area (Å²) in [6.07, 6.45) is 4.36. The molecule has 1 atom stereocenters. The summed E-state index contributed by atoms with van der Waals surface area (Å²) >= 11 is 0. The van der Waals surface area contributed by atoms with Crippen LogP contribution in [0.1, 0.15) is 23.6 Å². The predicted molar refractivity (Wildman–Crippen MR) is 98.2 cm³/mol. The van der Waals surface area contributed by atoms with Crippen molar-refractivity contribution in [1.82, 2.24) is 0 Å². The van der Waals surface area contributed by atoms with Gasteiger partial charge in [0.1, 0.15) is 12.6 Å². The topological polar surface area (TPSA) is 52.3 Å². The minimum Gasteiger partial charge on any atom is -0.460 e. The fraction of sp³-hybridized carbons (Fsp3) is 0.190. The molecule has 0 spiro atoms. The van der Waals surface area contributed by atoms with Gasteiger partial charge in [0.2, 0.25) is 0 Å². The first-order chi connectivity index (χ1) is 11.6. The molecule has 0 unspecified atom stereocenters. The van der Waals surface area contributed by atoms with Crippen molar-refractivity contribution in [1.29, 1.82) is 0 Å². The number of ether oxygens (including phenoxy) is 1. The first-order valence-electron chi connectivity index (χ1n) is 7.97. The monoisotopic (exact) mass is 321 g/mol. The third-order valence-electron chi connectivity index (χ3n) is 3.67. The molecule has 0 radical (unpaired) electrons. The molecule has 0 aliphatic heterocycles. The second kappa shape index (κ2) is 8.85. The lowest BCUT2D eigenvalue weighted by Crippen LogP contribution is -2.34. The Balaban J connectivity index is 1.88. The molecule has 3 nitrogen and oxygen atoms in total. The van der Waals surface area contributed by atoms with Gasteiger partial charge in [0.15, 0.2) is 0 Å². The maximum absolute atomic E-state index is 12.0. The highest BCUT2D eigenvalue weighted by molar-refractivity contribution is 5.76. The van der Waals surface area contributed by atoms with Gasteiger partial charge in [-0.2, -0.15) is 0 Å². The minimum atomic E-state index is -0.668. The van der Waals surface area contributed by atoms with Gasteiger partial charge in [-0.15, -0.1) is 0 Å². The van der Waals surface area contributed by atoms with Gasteiger partial charge >= 0.3 is 5.97 Å². The summed E-state index contributed by atoms with van der Waals surface area (Å²) in [6, 6.07) is 16.8. The van der Waals surface area contributed by atoms with Crippen molar-refractivity contribution in [2.75, 3.05) is 0 Å². The summed E-state index contributed by atoms with van der Waals surface area (Å²) < 4.78 is 5.27. The predicted octanol–water partition coefficient (Wildman–Crippen LogP) is 3.89. The highest BCUT2D eigenvalue weighted by Crippen LogP contribution is 2.15. The van der Waals surface area contributed by atoms with Crippen molar-refractivity contribution in [2.45, 2.75) is 26.0 Å². The lowest BCUT2D eigenvalue weighted by molar-refractivity contribution is -0.146. The van der Waals surface area contributed by atoms with Crippen LogP contribution in [-0.2, 0) is 22.6 Å². The van der Waals surface area contributed by atoms with E-state index >= 15 is 0 Å². The van der Waals surface area contributed by atoms with Crippen LogP contribution >= 0.6 is 0 Å². The van der Waals surface area contributed by atoms with E-state index in [2.05, 4.69) is 6.58 Å². The van der Waals surface area contributed by atoms with Gasteiger partial charge in [-0.05, 0) is 35.6 Å². The summed E-state index contributed by atoms with van der Waals surface area (Å²) in [4.78, 5) is 12.0. The van der Waals surface area contributed by atoms with Crippen molar-refractivity contribution in [3.8, 4) is 0 Å². The van der Waals surface area contributed by atoms with E-state index in [1.54, 1.807) is 0 Å². The smallest absolute Gasteiger partial charge is 0.323 e. The molecule has 0 heterocycles. The van der Waals surface area contributed by atoms with Crippen LogP contribution in [0, 0.1) is 0 Å². The first kappa shape index (κ1) is 17.7. The molecule has 24 heavy (non-hydrogen) atoms. The third kappa shape index (κ3) is 5.21. The van der Waals surface area contributed by atoms with Gasteiger partial charge in [0.25, 0.3) is 0 Å². The quantitative estimate of drug-likeness (QED) is 0.622. The summed E-state index contributed by atoms with van der Waals surface area (Å²) in [5.74, 6) is -0.388. The standard InChI is InChI=1S/C21H23NO2/c1-3-7-16(2)19-12-10-17(11-13-19)14-20(22)21(23)24-15-18-8-5-4-6-9-18/h3-13,20H,2,14-15,22H2,1H3/b7-3+/t20-/m0/s1. The zero-order valence-electron chi connectivity index (χ0n) is 13.9. The Morgan fingerprint density at radius 3 is 2.42 bits per heavy atom. The lowest BCUT2D eigenvalue weighted by Gasteiger charge is -2.12. The largest absolute Gasteiger partial charge is 0.460 e. The molecule has 0 aliphatic carbocycles. The molecular formula is C21H23NO2. The van der Waals surface area contributed by atoms with Crippen LogP contribution in [0.15, 0.2) is 73.3 Å². The summed E-state index contributed by atoms with van der Waals surface area (Å²) in [5.41, 5.74) is 9.91. The van der Waals surface area contributed by atoms with E-state index in [-0.39, 0.29) is 12.6 Å². The Kier molecular flexibility index (Phi) is 6.52. The number of nitrogens with two attached hydrogens (primary N) is 1. The van der Waals surface area contributed by atoms with Crippen LogP contribution in [-0.4, -0.2) is 12.0 Å². The van der Waals surface area contributed by atoms with Gasteiger partial charge in [-0.25, -0.2) is 0 Å². The van der Waals surface area contributed by atoms with Gasteiger partial charge in [0.05, 0.1) is 0 Å². The maximum atomic E-state index is 12.0. The zero-order valence-corrected chi connectivity index (χ0v) is 13.9. The third-order valence-corrected chi connectivity index (χ3v) is 3.67. The number of hydrogen-bond donors (Lipinski definition) is 1. The number of carbonyl (C=O) groups is 1. The molecule has 2 N–H and O–H groups in total. The molecule has 2 aromatic carbocycles. The van der Waals surface area contributed by atoms with Crippen LogP contribution in [0.2, 0.25) is 0 Å². The minimum absolute atomic E-state index is 0.246. The van der Waals surface area contributed by atoms with E-state index in [1.165, 1.54) is 0 Å². The van der Waals surface area contributed by atoms with E-state index in [0.29, 0.717) is 6.42 Å². The molecular weight excluding hydrogens is 298 g/mol. The molecule has 2 rings (SSSR count). The fourth-order valence-corrected chi connectivity index (χ4v) is 2.33. The average molecular weight is 321 g/mol. The maximum Gasteiger partial charge on any atom is 0.323 e. The van der Waals surface area contributed by atoms with Crippen molar-refractivity contribution < 1.29 is 9.53 Å². The van der Waals surface area contributed by atoms with Gasteiger partial charge in [-0.3, -0.25) is 4.79 Å². The number of hydrogen-bond acceptors (Lipinski definition) is 3. The number of rotatable bonds is 7. The summed E-state index contributed by atoms with van der Waals surface area (Å²) in [6.45, 7) is 6.20. The van der Waals surface area contributed by atoms with Gasteiger partial charge < -0.3 is 10.5 Å². The number of benzene rings is 2. The Morgan fingerprint density at radius 2 is 1.79 bits per heavy atom. The zero-order chi connectivity index (χ0) is 17.4. The molecule has 0 aromatic heterocycles. The van der Waals surface area contributed by atoms with E-state index in [4.69, 9.17) is 10.5 Å². The molecule has 124 valence electrons. The second-order valence-corrected chi connectivity index (χ2v) is 5.63. The molecule has 0 saturated heterocycles. The molecule has 0 saturated carbocycles. The molecule has 0 fully saturated rings. The Hall–Kier alpha value is -2.65. The highest BCUT2D eigenvalue weighted by Gasteiger charge is 2.15. The van der Waals surface area contributed by atoms with Gasteiger partial charge in [0, 0.05) is 0 Å². The fourth-order valence-electron chi connectivity index (χ4n) is 2.33. The molecule has 2 aromatic rings. The van der Waals surface area contributed by atoms with Crippen molar-refractivity contribution in [3.63, 3.8) is 0 Å². The Morgan fingerprint density at radius 1 is 1.12 bits per heavy atom. The number of allylic oxidation sites excluding steroid dienone is 3. The van der Waals surface area contributed by atoms with E-state index in [9.17, 15) is 4.79 Å². The molecule has 0 bridgehead atoms. The van der Waals surface area contributed by atoms with E-state index in [0.717, 1.165) is 22.3 Å². The van der Waals surface area contributed by atoms with E-state index < -0.39 is 6.04 Å². The number of carbonyl (C=O) groups excluding carboxylic acids is 1. The highest BCUT2D eigenvalue weighted by atomic mass is 16.5. The normalized spacial score (nSPS) is 12.1. The molecule has 3 heteroatoms. The van der Waals surface area contributed by atoms with Crippen LogP contribution < -0.4 is 5.73 Å². The second-order valence-electron chi connectivity index (χ2n) is 5.63. The van der Waals surface area contributed by atoms with Crippen molar-refractivity contribution in [2.24, 2.45) is 5.73 Å². The van der Waals surface area contributed by atoms with Crippen LogP contribution in [0.25, 0.3) is 5.57 Å². The van der Waals surface area contributed by atoms with Crippen molar-refractivity contribution in [3.05, 3.63) is 90.0 Å². The SMILES string of the molecule is C=C(/C=C/C)c1ccc(C[C@H](N)C(=O)OCc2ccccc2)cc1. The molecule has 0 amide bonds. The average Bonchev–Trinajstić information content (AvgIpc) is 2.61. The van der Waals surface area contributed by atoms with Crippen LogP contribution in [0.3, 0.4) is 0 Å². The van der Waals surface area contributed by atoms with Gasteiger partial charge in [-0.1, -0.05) is 73.3 Å². The lowest BCUT2D eigenvalue weighted by atomic mass is 10.0. The Labute approximate surface area is 143 Å². The van der Waals surface area contributed by atoms with Crippen LogP contribution in [0.4, 0.5) is 0 Å². The van der Waals surface area contributed by atoms with E-state index in [1.807, 2.05) is 73.7 Å². The van der Waals surface area contributed by atoms with Crippen LogP contribution in [0.5, 0.6) is 0 Å². The summed E-state index contributed by atoms with van der Waals surface area (Å²) in [5, 5.41) is 0. The molecule has 0 aliphatic rings. The van der Waals surface area contributed by atoms with Crippen molar-refractivity contribution >= 4 is 11.5 Å². The number of esters is 1. The Bertz CT molecular complexity index is 702. The first-order valence-corrected chi connectivity index (χ1v) is 7.97. The summed E-state index contributed by atoms with van der Waals surface area (Å²) in [7, 11) is 0.